The van der Waals surface area contributed by atoms with E-state index in [0.29, 0.717) is 11.7 Å². The Labute approximate surface area is 155 Å². The number of benzene rings is 2. The molecule has 6 heteroatoms. The van der Waals surface area contributed by atoms with Gasteiger partial charge in [-0.05, 0) is 48.2 Å². The predicted octanol–water partition coefficient (Wildman–Crippen LogP) is 3.47. The Kier molecular flexibility index (Phi) is 6.42. The molecule has 0 aliphatic rings. The highest BCUT2D eigenvalue weighted by Gasteiger charge is 2.12. The van der Waals surface area contributed by atoms with Gasteiger partial charge in [-0.1, -0.05) is 38.1 Å². The zero-order valence-electron chi connectivity index (χ0n) is 15.5. The van der Waals surface area contributed by atoms with Crippen LogP contribution in [0, 0.1) is 0 Å². The molecule has 0 radical (unpaired) electrons. The SMILES string of the molecule is CC(C)c1ccc(OCC(=O)N[C@H](C)c2ccc(S(C)(=O)=O)cc2)cc1. The zero-order chi connectivity index (χ0) is 19.3. The largest absolute Gasteiger partial charge is 0.484 e. The summed E-state index contributed by atoms with van der Waals surface area (Å²) in [5, 5.41) is 2.84. The molecule has 0 spiro atoms. The molecule has 0 aliphatic heterocycles. The van der Waals surface area contributed by atoms with E-state index in [4.69, 9.17) is 4.74 Å². The molecule has 0 heterocycles. The molecule has 1 atom stereocenters. The summed E-state index contributed by atoms with van der Waals surface area (Å²) in [6.45, 7) is 6.00. The van der Waals surface area contributed by atoms with Crippen molar-refractivity contribution in [2.75, 3.05) is 12.9 Å². The van der Waals surface area contributed by atoms with Gasteiger partial charge in [-0.2, -0.15) is 0 Å². The molecule has 1 N–H and O–H groups in total. The van der Waals surface area contributed by atoms with Gasteiger partial charge in [-0.3, -0.25) is 4.79 Å². The summed E-state index contributed by atoms with van der Waals surface area (Å²) in [4.78, 5) is 12.3. The molecule has 0 aliphatic carbocycles. The van der Waals surface area contributed by atoms with Gasteiger partial charge < -0.3 is 10.1 Å². The first-order valence-electron chi connectivity index (χ1n) is 8.49. The lowest BCUT2D eigenvalue weighted by molar-refractivity contribution is -0.123. The monoisotopic (exact) mass is 375 g/mol. The van der Waals surface area contributed by atoms with E-state index in [1.165, 1.54) is 5.56 Å². The van der Waals surface area contributed by atoms with Crippen molar-refractivity contribution in [2.24, 2.45) is 0 Å². The lowest BCUT2D eigenvalue weighted by atomic mass is 10.0. The van der Waals surface area contributed by atoms with Gasteiger partial charge in [0, 0.05) is 6.26 Å². The van der Waals surface area contributed by atoms with Gasteiger partial charge in [0.1, 0.15) is 5.75 Å². The van der Waals surface area contributed by atoms with Crippen LogP contribution in [0.5, 0.6) is 5.75 Å². The summed E-state index contributed by atoms with van der Waals surface area (Å²) in [6, 6.07) is 13.9. The smallest absolute Gasteiger partial charge is 0.258 e. The van der Waals surface area contributed by atoms with E-state index in [1.54, 1.807) is 24.3 Å². The number of carbonyl (C=O) groups is 1. The topological polar surface area (TPSA) is 72.5 Å². The fourth-order valence-corrected chi connectivity index (χ4v) is 3.10. The van der Waals surface area contributed by atoms with Crippen LogP contribution in [0.4, 0.5) is 0 Å². The van der Waals surface area contributed by atoms with Gasteiger partial charge in [0.05, 0.1) is 10.9 Å². The lowest BCUT2D eigenvalue weighted by Crippen LogP contribution is -2.31. The summed E-state index contributed by atoms with van der Waals surface area (Å²) >= 11 is 0. The highest BCUT2D eigenvalue weighted by atomic mass is 32.2. The van der Waals surface area contributed by atoms with Crippen molar-refractivity contribution in [1.82, 2.24) is 5.32 Å². The Morgan fingerprint density at radius 3 is 2.00 bits per heavy atom. The molecule has 2 rings (SSSR count). The van der Waals surface area contributed by atoms with E-state index in [1.807, 2.05) is 31.2 Å². The van der Waals surface area contributed by atoms with Crippen LogP contribution in [-0.4, -0.2) is 27.2 Å². The minimum absolute atomic E-state index is 0.0766. The number of carbonyl (C=O) groups excluding carboxylic acids is 1. The fraction of sp³-hybridized carbons (Fsp3) is 0.350. The second-order valence-corrected chi connectivity index (χ2v) is 8.66. The van der Waals surface area contributed by atoms with Gasteiger partial charge in [-0.15, -0.1) is 0 Å². The van der Waals surface area contributed by atoms with Crippen LogP contribution in [0.3, 0.4) is 0 Å². The average molecular weight is 375 g/mol. The third-order valence-electron chi connectivity index (χ3n) is 4.10. The van der Waals surface area contributed by atoms with Crippen LogP contribution >= 0.6 is 0 Å². The predicted molar refractivity (Wildman–Crippen MR) is 102 cm³/mol. The Balaban J connectivity index is 1.88. The normalized spacial score (nSPS) is 12.7. The first-order chi connectivity index (χ1) is 12.2. The van der Waals surface area contributed by atoms with Crippen LogP contribution in [0.1, 0.15) is 43.9 Å². The Morgan fingerprint density at radius 1 is 0.962 bits per heavy atom. The molecular formula is C20H25NO4S. The minimum atomic E-state index is -3.22. The first-order valence-corrected chi connectivity index (χ1v) is 10.4. The first kappa shape index (κ1) is 20.0. The van der Waals surface area contributed by atoms with E-state index in [-0.39, 0.29) is 23.5 Å². The van der Waals surface area contributed by atoms with E-state index >= 15 is 0 Å². The molecule has 140 valence electrons. The second kappa shape index (κ2) is 8.36. The van der Waals surface area contributed by atoms with Crippen molar-refractivity contribution < 1.29 is 17.9 Å². The van der Waals surface area contributed by atoms with Crippen LogP contribution in [0.25, 0.3) is 0 Å². The second-order valence-electron chi connectivity index (χ2n) is 6.64. The number of rotatable bonds is 7. The molecule has 0 unspecified atom stereocenters. The summed E-state index contributed by atoms with van der Waals surface area (Å²) in [6.07, 6.45) is 1.16. The van der Waals surface area contributed by atoms with Crippen molar-refractivity contribution in [3.63, 3.8) is 0 Å². The summed E-state index contributed by atoms with van der Waals surface area (Å²) in [5.74, 6) is 0.856. The number of ether oxygens (including phenoxy) is 1. The van der Waals surface area contributed by atoms with Gasteiger partial charge in [-0.25, -0.2) is 8.42 Å². The molecule has 26 heavy (non-hydrogen) atoms. The van der Waals surface area contributed by atoms with E-state index in [0.717, 1.165) is 11.8 Å². The number of hydrogen-bond donors (Lipinski definition) is 1. The van der Waals surface area contributed by atoms with Crippen molar-refractivity contribution >= 4 is 15.7 Å². The van der Waals surface area contributed by atoms with Gasteiger partial charge in [0.15, 0.2) is 16.4 Å². The third-order valence-corrected chi connectivity index (χ3v) is 5.23. The molecular weight excluding hydrogens is 350 g/mol. The standard InChI is InChI=1S/C20H25NO4S/c1-14(2)16-5-9-18(10-6-16)25-13-20(22)21-15(3)17-7-11-19(12-8-17)26(4,23)24/h5-12,14-15H,13H2,1-4H3,(H,21,22)/t15-/m1/s1. The van der Waals surface area contributed by atoms with Crippen molar-refractivity contribution in [2.45, 2.75) is 37.6 Å². The van der Waals surface area contributed by atoms with Crippen LogP contribution < -0.4 is 10.1 Å². The number of amides is 1. The molecule has 0 saturated heterocycles. The van der Waals surface area contributed by atoms with Crippen molar-refractivity contribution in [3.8, 4) is 5.75 Å². The Morgan fingerprint density at radius 2 is 1.50 bits per heavy atom. The highest BCUT2D eigenvalue weighted by molar-refractivity contribution is 7.90. The molecule has 0 bridgehead atoms. The fourth-order valence-electron chi connectivity index (χ4n) is 2.47. The van der Waals surface area contributed by atoms with E-state index < -0.39 is 9.84 Å². The lowest BCUT2D eigenvalue weighted by Gasteiger charge is -2.15. The molecule has 0 aromatic heterocycles. The summed E-state index contributed by atoms with van der Waals surface area (Å²) in [5.41, 5.74) is 2.04. The molecule has 5 nitrogen and oxygen atoms in total. The number of sulfone groups is 1. The van der Waals surface area contributed by atoms with Crippen LogP contribution in [-0.2, 0) is 14.6 Å². The maximum atomic E-state index is 12.1. The molecule has 0 fully saturated rings. The highest BCUT2D eigenvalue weighted by Crippen LogP contribution is 2.19. The molecule has 2 aromatic carbocycles. The Bertz CT molecular complexity index is 840. The maximum Gasteiger partial charge on any atom is 0.258 e. The average Bonchev–Trinajstić information content (AvgIpc) is 2.59. The van der Waals surface area contributed by atoms with Crippen LogP contribution in [0.15, 0.2) is 53.4 Å². The van der Waals surface area contributed by atoms with E-state index in [2.05, 4.69) is 19.2 Å². The molecule has 0 saturated carbocycles. The Hall–Kier alpha value is -2.34. The number of nitrogens with one attached hydrogen (secondary N) is 1. The zero-order valence-corrected chi connectivity index (χ0v) is 16.3. The molecule has 1 amide bonds. The van der Waals surface area contributed by atoms with Crippen molar-refractivity contribution in [3.05, 3.63) is 59.7 Å². The quantitative estimate of drug-likeness (QED) is 0.804. The van der Waals surface area contributed by atoms with Crippen molar-refractivity contribution in [1.29, 1.82) is 0 Å². The van der Waals surface area contributed by atoms with E-state index in [9.17, 15) is 13.2 Å². The van der Waals surface area contributed by atoms with Gasteiger partial charge in [0.25, 0.3) is 5.91 Å². The third kappa shape index (κ3) is 5.59. The number of hydrogen-bond acceptors (Lipinski definition) is 4. The van der Waals surface area contributed by atoms with Gasteiger partial charge in [0.2, 0.25) is 0 Å². The molecule has 2 aromatic rings. The summed E-state index contributed by atoms with van der Waals surface area (Å²) in [7, 11) is -3.22. The summed E-state index contributed by atoms with van der Waals surface area (Å²) < 4.78 is 28.5. The maximum absolute atomic E-state index is 12.1. The van der Waals surface area contributed by atoms with Gasteiger partial charge >= 0.3 is 0 Å². The van der Waals surface area contributed by atoms with Crippen LogP contribution in [0.2, 0.25) is 0 Å². The minimum Gasteiger partial charge on any atom is -0.484 e.